The molecule has 15 heavy (non-hydrogen) atoms. The lowest BCUT2D eigenvalue weighted by Gasteiger charge is -2.31. The van der Waals surface area contributed by atoms with Crippen LogP contribution < -0.4 is 0 Å². The van der Waals surface area contributed by atoms with Crippen molar-refractivity contribution in [2.45, 2.75) is 76.0 Å². The first-order valence-electron chi connectivity index (χ1n) is 6.79. The van der Waals surface area contributed by atoms with Crippen LogP contribution in [0.25, 0.3) is 0 Å². The maximum absolute atomic E-state index is 4.39. The van der Waals surface area contributed by atoms with Gasteiger partial charge in [-0.25, -0.2) is 0 Å². The molecule has 0 atom stereocenters. The van der Waals surface area contributed by atoms with Crippen molar-refractivity contribution in [1.29, 1.82) is 0 Å². The van der Waals surface area contributed by atoms with Crippen LogP contribution in [-0.4, -0.2) is 11.3 Å². The number of hydrogen-bond donors (Lipinski definition) is 0. The minimum absolute atomic E-state index is 0.181. The molecule has 0 aromatic carbocycles. The number of allylic oxidation sites excluding steroid dienone is 1. The third-order valence-corrected chi connectivity index (χ3v) is 7.86. The molecule has 0 unspecified atom stereocenters. The van der Waals surface area contributed by atoms with Gasteiger partial charge in [0.25, 0.3) is 0 Å². The zero-order valence-electron chi connectivity index (χ0n) is 10.2. The molecule has 0 amide bonds. The van der Waals surface area contributed by atoms with E-state index in [1.54, 1.807) is 5.31 Å². The van der Waals surface area contributed by atoms with E-state index in [1.165, 1.54) is 57.8 Å². The Morgan fingerprint density at radius 1 is 1.00 bits per heavy atom. The molecule has 86 valence electrons. The van der Waals surface area contributed by atoms with Crippen LogP contribution in [0.15, 0.2) is 11.9 Å². The molecule has 0 aromatic heterocycles. The maximum atomic E-state index is 4.39. The Morgan fingerprint density at radius 3 is 1.73 bits per heavy atom. The molecule has 0 spiro atoms. The highest BCUT2D eigenvalue weighted by atomic mass is 31.1. The van der Waals surface area contributed by atoms with E-state index in [0.717, 1.165) is 11.3 Å². The Labute approximate surface area is 96.3 Å². The van der Waals surface area contributed by atoms with Gasteiger partial charge in [-0.15, -0.1) is 0 Å². The second kappa shape index (κ2) is 5.48. The van der Waals surface area contributed by atoms with Gasteiger partial charge in [0, 0.05) is 0 Å². The van der Waals surface area contributed by atoms with Crippen LogP contribution in [0, 0.1) is 0 Å². The van der Waals surface area contributed by atoms with Crippen LogP contribution in [0.3, 0.4) is 0 Å². The highest BCUT2D eigenvalue weighted by Gasteiger charge is 2.33. The predicted molar refractivity (Wildman–Crippen MR) is 70.9 cm³/mol. The van der Waals surface area contributed by atoms with Crippen LogP contribution in [0.4, 0.5) is 0 Å². The Bertz CT molecular complexity index is 193. The molecule has 0 saturated heterocycles. The van der Waals surface area contributed by atoms with Crippen LogP contribution in [-0.2, 0) is 0 Å². The Morgan fingerprint density at radius 2 is 1.40 bits per heavy atom. The third-order valence-electron chi connectivity index (χ3n) is 4.21. The van der Waals surface area contributed by atoms with Gasteiger partial charge in [-0.1, -0.05) is 52.4 Å². The van der Waals surface area contributed by atoms with Gasteiger partial charge in [0.2, 0.25) is 0 Å². The zero-order valence-corrected chi connectivity index (χ0v) is 11.1. The average molecular weight is 224 g/mol. The highest BCUT2D eigenvalue weighted by molar-refractivity contribution is 7.63. The monoisotopic (exact) mass is 224 g/mol. The molecule has 0 heterocycles. The summed E-state index contributed by atoms with van der Waals surface area (Å²) >= 11 is 0. The lowest BCUT2D eigenvalue weighted by atomic mass is 10.3. The number of rotatable bonds is 4. The molecular weight excluding hydrogens is 199 g/mol. The van der Waals surface area contributed by atoms with Crippen molar-refractivity contribution in [2.75, 3.05) is 0 Å². The van der Waals surface area contributed by atoms with Gasteiger partial charge < -0.3 is 0 Å². The largest absolute Gasteiger partial charge is 0.0953 e. The summed E-state index contributed by atoms with van der Waals surface area (Å²) in [5.74, 6) is 0. The first kappa shape index (κ1) is 11.6. The Hall–Kier alpha value is 0.170. The molecule has 2 saturated carbocycles. The zero-order chi connectivity index (χ0) is 10.7. The van der Waals surface area contributed by atoms with E-state index in [9.17, 15) is 0 Å². The SMILES string of the molecule is C=C(CC)P(C1CCCC1)C1CCCC1. The summed E-state index contributed by atoms with van der Waals surface area (Å²) in [5, 5.41) is 1.63. The molecule has 0 radical (unpaired) electrons. The van der Waals surface area contributed by atoms with E-state index in [1.807, 2.05) is 0 Å². The summed E-state index contributed by atoms with van der Waals surface area (Å²) in [6.45, 7) is 6.70. The van der Waals surface area contributed by atoms with Gasteiger partial charge in [0.05, 0.1) is 0 Å². The van der Waals surface area contributed by atoms with Crippen molar-refractivity contribution in [1.82, 2.24) is 0 Å². The average Bonchev–Trinajstić information content (AvgIpc) is 2.90. The third kappa shape index (κ3) is 2.64. The molecule has 2 fully saturated rings. The van der Waals surface area contributed by atoms with Crippen molar-refractivity contribution >= 4 is 7.92 Å². The van der Waals surface area contributed by atoms with Crippen LogP contribution >= 0.6 is 7.92 Å². The van der Waals surface area contributed by atoms with Crippen molar-refractivity contribution in [3.8, 4) is 0 Å². The smallest absolute Gasteiger partial charge is 0.0170 e. The Kier molecular flexibility index (Phi) is 4.26. The summed E-state index contributed by atoms with van der Waals surface area (Å²) in [4.78, 5) is 0. The van der Waals surface area contributed by atoms with Crippen LogP contribution in [0.1, 0.15) is 64.7 Å². The van der Waals surface area contributed by atoms with Crippen molar-refractivity contribution in [3.05, 3.63) is 11.9 Å². The van der Waals surface area contributed by atoms with Gasteiger partial charge in [0.1, 0.15) is 0 Å². The van der Waals surface area contributed by atoms with Crippen LogP contribution in [0.5, 0.6) is 0 Å². The van der Waals surface area contributed by atoms with E-state index in [2.05, 4.69) is 13.5 Å². The van der Waals surface area contributed by atoms with E-state index in [0.29, 0.717) is 0 Å². The minimum Gasteiger partial charge on any atom is -0.0953 e. The van der Waals surface area contributed by atoms with Gasteiger partial charge >= 0.3 is 0 Å². The van der Waals surface area contributed by atoms with Gasteiger partial charge in [-0.2, -0.15) is 0 Å². The molecule has 0 bridgehead atoms. The molecule has 2 aliphatic rings. The molecule has 0 aromatic rings. The van der Waals surface area contributed by atoms with E-state index in [4.69, 9.17) is 0 Å². The molecule has 0 N–H and O–H groups in total. The fraction of sp³-hybridized carbons (Fsp3) is 0.857. The summed E-state index contributed by atoms with van der Waals surface area (Å²) in [6.07, 6.45) is 13.3. The fourth-order valence-corrected chi connectivity index (χ4v) is 7.20. The van der Waals surface area contributed by atoms with Gasteiger partial charge in [-0.05, 0) is 43.4 Å². The van der Waals surface area contributed by atoms with E-state index < -0.39 is 0 Å². The fourth-order valence-electron chi connectivity index (χ4n) is 3.36. The van der Waals surface area contributed by atoms with Gasteiger partial charge in [0.15, 0.2) is 0 Å². The standard InChI is InChI=1S/C14H25P/c1-3-12(2)15(13-8-4-5-9-13)14-10-6-7-11-14/h13-14H,2-11H2,1H3. The van der Waals surface area contributed by atoms with Crippen molar-refractivity contribution in [2.24, 2.45) is 0 Å². The molecule has 0 nitrogen and oxygen atoms in total. The highest BCUT2D eigenvalue weighted by Crippen LogP contribution is 2.62. The van der Waals surface area contributed by atoms with Crippen LogP contribution in [0.2, 0.25) is 0 Å². The lowest BCUT2D eigenvalue weighted by Crippen LogP contribution is -2.10. The lowest BCUT2D eigenvalue weighted by molar-refractivity contribution is 0.829. The topological polar surface area (TPSA) is 0 Å². The Balaban J connectivity index is 2.03. The molecule has 1 heteroatoms. The molecule has 0 aliphatic heterocycles. The summed E-state index contributed by atoms with van der Waals surface area (Å²) in [6, 6.07) is 0. The first-order valence-corrected chi connectivity index (χ1v) is 8.27. The maximum Gasteiger partial charge on any atom is -0.0170 e. The summed E-state index contributed by atoms with van der Waals surface area (Å²) in [5.41, 5.74) is 2.13. The van der Waals surface area contributed by atoms with Crippen molar-refractivity contribution < 1.29 is 0 Å². The normalized spacial score (nSPS) is 24.1. The first-order chi connectivity index (χ1) is 7.33. The molecule has 2 rings (SSSR count). The minimum atomic E-state index is 0.181. The quantitative estimate of drug-likeness (QED) is 0.570. The van der Waals surface area contributed by atoms with E-state index >= 15 is 0 Å². The van der Waals surface area contributed by atoms with Gasteiger partial charge in [-0.3, -0.25) is 0 Å². The second-order valence-corrected chi connectivity index (χ2v) is 8.11. The predicted octanol–water partition coefficient (Wildman–Crippen LogP) is 5.28. The summed E-state index contributed by atoms with van der Waals surface area (Å²) in [7, 11) is 0.181. The van der Waals surface area contributed by atoms with E-state index in [-0.39, 0.29) is 7.92 Å². The second-order valence-electron chi connectivity index (χ2n) is 5.20. The molecule has 2 aliphatic carbocycles. The number of hydrogen-bond acceptors (Lipinski definition) is 0. The molecular formula is C14H25P. The summed E-state index contributed by atoms with van der Waals surface area (Å²) < 4.78 is 0. The van der Waals surface area contributed by atoms with Crippen molar-refractivity contribution in [3.63, 3.8) is 0 Å².